The molecule has 1 N–H and O–H groups in total. The minimum atomic E-state index is -2.08. The van der Waals surface area contributed by atoms with Gasteiger partial charge in [0.05, 0.1) is 28.9 Å². The van der Waals surface area contributed by atoms with Gasteiger partial charge in [0.2, 0.25) is 0 Å². The highest BCUT2D eigenvalue weighted by molar-refractivity contribution is 6.23. The molecular formula is C26H35ClO10. The zero-order valence-electron chi connectivity index (χ0n) is 21.8. The lowest BCUT2D eigenvalue weighted by Gasteiger charge is -2.57. The fourth-order valence-corrected chi connectivity index (χ4v) is 7.22. The number of hydrogen-bond donors (Lipinski definition) is 1. The summed E-state index contributed by atoms with van der Waals surface area (Å²) < 4.78 is 29.2. The van der Waals surface area contributed by atoms with Gasteiger partial charge in [-0.15, -0.1) is 11.6 Å². The minimum absolute atomic E-state index is 0.254. The van der Waals surface area contributed by atoms with Crippen LogP contribution in [-0.2, 0) is 42.9 Å². The largest absolute Gasteiger partial charge is 0.462 e. The van der Waals surface area contributed by atoms with Crippen LogP contribution in [0.4, 0.5) is 0 Å². The second-order valence-corrected chi connectivity index (χ2v) is 11.5. The molecule has 10 nitrogen and oxygen atoms in total. The normalized spacial score (nSPS) is 45.2. The highest BCUT2D eigenvalue weighted by Crippen LogP contribution is 2.62. The average Bonchev–Trinajstić information content (AvgIpc) is 3.53. The van der Waals surface area contributed by atoms with Crippen LogP contribution >= 0.6 is 11.6 Å². The predicted molar refractivity (Wildman–Crippen MR) is 128 cm³/mol. The Morgan fingerprint density at radius 3 is 2.11 bits per heavy atom. The van der Waals surface area contributed by atoms with Crippen molar-refractivity contribution in [3.05, 3.63) is 12.2 Å². The van der Waals surface area contributed by atoms with Crippen LogP contribution in [0, 0.1) is 17.3 Å². The van der Waals surface area contributed by atoms with E-state index in [0.717, 1.165) is 0 Å². The van der Waals surface area contributed by atoms with Crippen LogP contribution in [0.25, 0.3) is 0 Å². The van der Waals surface area contributed by atoms with Crippen LogP contribution in [-0.4, -0.2) is 76.6 Å². The van der Waals surface area contributed by atoms with Gasteiger partial charge in [-0.05, 0) is 32.6 Å². The molecule has 2 aliphatic carbocycles. The summed E-state index contributed by atoms with van der Waals surface area (Å²) in [4.78, 5) is 50.0. The molecular weight excluding hydrogens is 508 g/mol. The van der Waals surface area contributed by atoms with Gasteiger partial charge < -0.3 is 28.8 Å². The molecule has 0 aromatic rings. The Labute approximate surface area is 220 Å². The molecule has 2 heterocycles. The van der Waals surface area contributed by atoms with E-state index in [1.807, 2.05) is 0 Å². The maximum Gasteiger partial charge on any atom is 0.312 e. The third-order valence-corrected chi connectivity index (χ3v) is 9.30. The van der Waals surface area contributed by atoms with Gasteiger partial charge in [-0.1, -0.05) is 19.1 Å². The lowest BCUT2D eigenvalue weighted by Crippen LogP contribution is -2.70. The van der Waals surface area contributed by atoms with Crippen LogP contribution in [0.5, 0.6) is 0 Å². The van der Waals surface area contributed by atoms with Crippen molar-refractivity contribution in [1.29, 1.82) is 0 Å². The third kappa shape index (κ3) is 4.44. The summed E-state index contributed by atoms with van der Waals surface area (Å²) in [7, 11) is 0. The molecule has 4 aliphatic rings. The number of fused-ring (bicyclic) bond motifs is 3. The fraction of sp³-hybridized carbons (Fsp3) is 0.769. The van der Waals surface area contributed by atoms with Crippen molar-refractivity contribution in [3.8, 4) is 0 Å². The fourth-order valence-electron chi connectivity index (χ4n) is 6.85. The molecule has 2 saturated heterocycles. The van der Waals surface area contributed by atoms with Crippen molar-refractivity contribution in [1.82, 2.24) is 0 Å². The zero-order valence-corrected chi connectivity index (χ0v) is 22.5. The first-order chi connectivity index (χ1) is 17.2. The number of esters is 4. The molecule has 0 aromatic carbocycles. The number of aliphatic hydroxyl groups is 1. The highest BCUT2D eigenvalue weighted by Gasteiger charge is 2.75. The standard InChI is InChI=1S/C26H35ClO10/c1-12-7-8-17(34-14(3)28)24(6)18(35-15(4)29)9-10-25(11-33-25)20(24)22(36-16(5)30)26(32)13(2)23(31)37-21(26)19(12)27/h13,17-22,32H,1,7-11H2,2-6H3/t13-,17+,18-,19-,20+,21-,22+,24-,25+,26-/m0/s1. The van der Waals surface area contributed by atoms with Gasteiger partial charge in [-0.25, -0.2) is 0 Å². The van der Waals surface area contributed by atoms with Crippen molar-refractivity contribution in [2.24, 2.45) is 17.3 Å². The van der Waals surface area contributed by atoms with Crippen LogP contribution in [0.1, 0.15) is 60.3 Å². The summed E-state index contributed by atoms with van der Waals surface area (Å²) in [6.07, 6.45) is -2.94. The molecule has 0 amide bonds. The van der Waals surface area contributed by atoms with Crippen LogP contribution < -0.4 is 0 Å². The Morgan fingerprint density at radius 1 is 1.05 bits per heavy atom. The van der Waals surface area contributed by atoms with Gasteiger partial charge in [-0.2, -0.15) is 0 Å². The Kier molecular flexibility index (Phi) is 7.18. The highest BCUT2D eigenvalue weighted by atomic mass is 35.5. The molecule has 2 saturated carbocycles. The van der Waals surface area contributed by atoms with E-state index in [9.17, 15) is 24.3 Å². The summed E-state index contributed by atoms with van der Waals surface area (Å²) in [6, 6.07) is 0. The first-order valence-corrected chi connectivity index (χ1v) is 13.0. The first-order valence-electron chi connectivity index (χ1n) is 12.6. The zero-order chi connectivity index (χ0) is 27.5. The van der Waals surface area contributed by atoms with Crippen molar-refractivity contribution in [2.45, 2.75) is 101 Å². The van der Waals surface area contributed by atoms with E-state index in [-0.39, 0.29) is 19.4 Å². The maximum absolute atomic E-state index is 12.9. The van der Waals surface area contributed by atoms with Gasteiger partial charge in [0.1, 0.15) is 18.3 Å². The Bertz CT molecular complexity index is 1010. The van der Waals surface area contributed by atoms with E-state index in [0.29, 0.717) is 18.4 Å². The molecule has 0 radical (unpaired) electrons. The summed E-state index contributed by atoms with van der Waals surface area (Å²) in [6.45, 7) is 11.4. The van der Waals surface area contributed by atoms with E-state index in [4.69, 9.17) is 35.3 Å². The van der Waals surface area contributed by atoms with Gasteiger partial charge in [0.15, 0.2) is 11.7 Å². The number of rotatable bonds is 3. The summed E-state index contributed by atoms with van der Waals surface area (Å²) in [5.74, 6) is -4.47. The molecule has 1 spiro atoms. The molecule has 11 heteroatoms. The molecule has 37 heavy (non-hydrogen) atoms. The quantitative estimate of drug-likeness (QED) is 0.186. The number of alkyl halides is 1. The second kappa shape index (κ2) is 9.54. The minimum Gasteiger partial charge on any atom is -0.462 e. The van der Waals surface area contributed by atoms with E-state index in [1.165, 1.54) is 27.7 Å². The monoisotopic (exact) mass is 542 g/mol. The Hall–Kier alpha value is -2.17. The van der Waals surface area contributed by atoms with Gasteiger partial charge in [0.25, 0.3) is 0 Å². The number of carbonyl (C=O) groups is 4. The number of halogens is 1. The molecule has 0 bridgehead atoms. The number of ether oxygens (including phenoxy) is 5. The van der Waals surface area contributed by atoms with Crippen LogP contribution in [0.2, 0.25) is 0 Å². The molecule has 0 aromatic heterocycles. The van der Waals surface area contributed by atoms with Crippen molar-refractivity contribution in [2.75, 3.05) is 6.61 Å². The summed E-state index contributed by atoms with van der Waals surface area (Å²) in [5, 5.41) is 11.4. The maximum atomic E-state index is 12.9. The second-order valence-electron chi connectivity index (χ2n) is 11.0. The smallest absolute Gasteiger partial charge is 0.312 e. The van der Waals surface area contributed by atoms with E-state index in [2.05, 4.69) is 6.58 Å². The Balaban J connectivity index is 2.00. The first kappa shape index (κ1) is 27.9. The molecule has 4 fully saturated rings. The number of epoxide rings is 1. The molecule has 10 atom stereocenters. The van der Waals surface area contributed by atoms with Gasteiger partial charge in [-0.3, -0.25) is 19.2 Å². The van der Waals surface area contributed by atoms with Gasteiger partial charge >= 0.3 is 23.9 Å². The Morgan fingerprint density at radius 2 is 1.59 bits per heavy atom. The average molecular weight is 543 g/mol. The van der Waals surface area contributed by atoms with E-state index in [1.54, 1.807) is 6.92 Å². The lowest BCUT2D eigenvalue weighted by molar-refractivity contribution is -0.244. The number of hydrogen-bond acceptors (Lipinski definition) is 10. The van der Waals surface area contributed by atoms with E-state index >= 15 is 0 Å². The molecule has 4 rings (SSSR count). The van der Waals surface area contributed by atoms with Gasteiger partial charge in [0, 0.05) is 26.7 Å². The third-order valence-electron chi connectivity index (χ3n) is 8.77. The lowest BCUT2D eigenvalue weighted by atomic mass is 9.52. The molecule has 2 aliphatic heterocycles. The topological polar surface area (TPSA) is 138 Å². The van der Waals surface area contributed by atoms with Crippen molar-refractivity contribution in [3.63, 3.8) is 0 Å². The number of carbonyl (C=O) groups excluding carboxylic acids is 4. The SMILES string of the molecule is C=C1CC[C@@H](OC(C)=O)[C@@]2(C)[C@@H](OC(C)=O)CC[C@@]3(CO3)[C@@H]2[C@@H](OC(C)=O)[C@]2(O)[C@@H](C)C(=O)O[C@H]2[C@H]1Cl. The molecule has 206 valence electrons. The van der Waals surface area contributed by atoms with Crippen molar-refractivity contribution >= 4 is 35.5 Å². The van der Waals surface area contributed by atoms with Crippen molar-refractivity contribution < 1.29 is 48.0 Å². The molecule has 0 unspecified atom stereocenters. The summed E-state index contributed by atoms with van der Waals surface area (Å²) in [5.41, 5.74) is -3.71. The van der Waals surface area contributed by atoms with E-state index < -0.39 is 82.1 Å². The van der Waals surface area contributed by atoms with Crippen LogP contribution in [0.15, 0.2) is 12.2 Å². The summed E-state index contributed by atoms with van der Waals surface area (Å²) >= 11 is 6.75. The predicted octanol–water partition coefficient (Wildman–Crippen LogP) is 2.22. The van der Waals surface area contributed by atoms with Crippen LogP contribution in [0.3, 0.4) is 0 Å².